The number of aromatic nitrogens is 3. The fourth-order valence-electron chi connectivity index (χ4n) is 3.56. The van der Waals surface area contributed by atoms with Crippen LogP contribution < -0.4 is 14.8 Å². The first-order valence-electron chi connectivity index (χ1n) is 10.7. The Morgan fingerprint density at radius 3 is 2.65 bits per heavy atom. The van der Waals surface area contributed by atoms with Crippen LogP contribution in [0.3, 0.4) is 0 Å². The zero-order valence-electron chi connectivity index (χ0n) is 18.3. The number of rotatable bonds is 7. The van der Waals surface area contributed by atoms with Crippen molar-refractivity contribution < 1.29 is 18.7 Å². The summed E-state index contributed by atoms with van der Waals surface area (Å²) in [5, 5.41) is 11.5. The van der Waals surface area contributed by atoms with Crippen LogP contribution in [0.25, 0.3) is 11.4 Å². The second-order valence-electron chi connectivity index (χ2n) is 7.68. The Labute approximate surface area is 199 Å². The molecule has 3 aromatic carbocycles. The van der Waals surface area contributed by atoms with E-state index in [4.69, 9.17) is 9.47 Å². The maximum atomic E-state index is 14.6. The molecule has 34 heavy (non-hydrogen) atoms. The molecule has 0 radical (unpaired) electrons. The van der Waals surface area contributed by atoms with Gasteiger partial charge in [0.05, 0.1) is 17.4 Å². The molecular weight excluding hydrogens is 455 g/mol. The molecule has 0 saturated heterocycles. The lowest BCUT2D eigenvalue weighted by atomic mass is 10.2. The van der Waals surface area contributed by atoms with Crippen LogP contribution >= 0.6 is 11.8 Å². The molecule has 0 saturated carbocycles. The summed E-state index contributed by atoms with van der Waals surface area (Å²) in [5.41, 5.74) is 1.98. The summed E-state index contributed by atoms with van der Waals surface area (Å²) in [7, 11) is 0. The Morgan fingerprint density at radius 1 is 1.06 bits per heavy atom. The van der Waals surface area contributed by atoms with Gasteiger partial charge in [0.25, 0.3) is 0 Å². The van der Waals surface area contributed by atoms with Crippen molar-refractivity contribution in [2.24, 2.45) is 0 Å². The number of hydrogen-bond donors (Lipinski definition) is 1. The molecule has 7 nitrogen and oxygen atoms in total. The van der Waals surface area contributed by atoms with E-state index in [1.54, 1.807) is 43.3 Å². The molecule has 9 heteroatoms. The molecule has 1 atom stereocenters. The molecule has 172 valence electrons. The van der Waals surface area contributed by atoms with Crippen LogP contribution in [0, 0.1) is 5.82 Å². The molecule has 1 unspecified atom stereocenters. The van der Waals surface area contributed by atoms with Crippen LogP contribution in [0.4, 0.5) is 10.1 Å². The lowest BCUT2D eigenvalue weighted by molar-refractivity contribution is -0.115. The third kappa shape index (κ3) is 4.60. The van der Waals surface area contributed by atoms with Crippen LogP contribution in [0.2, 0.25) is 0 Å². The fourth-order valence-corrected chi connectivity index (χ4v) is 4.40. The normalized spacial score (nSPS) is 13.0. The number of carbonyl (C=O) groups is 1. The van der Waals surface area contributed by atoms with Crippen LogP contribution in [-0.4, -0.2) is 32.7 Å². The third-order valence-corrected chi connectivity index (χ3v) is 6.39. The van der Waals surface area contributed by atoms with E-state index in [2.05, 4.69) is 15.5 Å². The number of amides is 1. The average molecular weight is 477 g/mol. The van der Waals surface area contributed by atoms with Gasteiger partial charge in [-0.15, -0.1) is 10.2 Å². The van der Waals surface area contributed by atoms with Gasteiger partial charge in [0.2, 0.25) is 12.7 Å². The minimum atomic E-state index is -0.488. The molecule has 1 amide bonds. The summed E-state index contributed by atoms with van der Waals surface area (Å²) >= 11 is 1.26. The summed E-state index contributed by atoms with van der Waals surface area (Å²) in [6, 6.07) is 21.5. The molecule has 1 aliphatic heterocycles. The van der Waals surface area contributed by atoms with Crippen LogP contribution in [0.5, 0.6) is 11.5 Å². The predicted octanol–water partition coefficient (Wildman–Crippen LogP) is 4.98. The predicted molar refractivity (Wildman–Crippen MR) is 127 cm³/mol. The van der Waals surface area contributed by atoms with Gasteiger partial charge in [0.15, 0.2) is 22.5 Å². The quantitative estimate of drug-likeness (QED) is 0.379. The highest BCUT2D eigenvalue weighted by atomic mass is 32.2. The summed E-state index contributed by atoms with van der Waals surface area (Å²) in [4.78, 5) is 12.9. The number of carbonyl (C=O) groups excluding carboxylic acids is 1. The van der Waals surface area contributed by atoms with Crippen molar-refractivity contribution in [3.05, 3.63) is 84.2 Å². The van der Waals surface area contributed by atoms with Crippen molar-refractivity contribution in [3.63, 3.8) is 0 Å². The maximum absolute atomic E-state index is 14.6. The van der Waals surface area contributed by atoms with Crippen molar-refractivity contribution in [1.82, 2.24) is 14.8 Å². The summed E-state index contributed by atoms with van der Waals surface area (Å²) < 4.78 is 27.1. The van der Waals surface area contributed by atoms with E-state index in [0.29, 0.717) is 40.3 Å². The summed E-state index contributed by atoms with van der Waals surface area (Å²) in [6.45, 7) is 2.40. The number of nitrogens with one attached hydrogen (secondary N) is 1. The number of benzene rings is 3. The van der Waals surface area contributed by atoms with Crippen LogP contribution in [0.1, 0.15) is 12.5 Å². The Balaban J connectivity index is 1.39. The standard InChI is InChI=1S/C25H21FN4O3S/c1-16(24(31)27-18-11-12-21-22(13-18)33-15-32-21)34-25-29-28-23(19-9-5-6-10-20(19)26)30(25)14-17-7-3-2-4-8-17/h2-13,16H,14-15H2,1H3,(H,27,31). The first kappa shape index (κ1) is 22.0. The van der Waals surface area contributed by atoms with E-state index in [1.807, 2.05) is 34.9 Å². The molecule has 4 aromatic rings. The SMILES string of the molecule is CC(Sc1nnc(-c2ccccc2F)n1Cc1ccccc1)C(=O)Nc1ccc2c(c1)OCO2. The highest BCUT2D eigenvalue weighted by Crippen LogP contribution is 2.35. The molecule has 0 fully saturated rings. The molecule has 0 aliphatic carbocycles. The Morgan fingerprint density at radius 2 is 1.82 bits per heavy atom. The molecule has 0 bridgehead atoms. The monoisotopic (exact) mass is 476 g/mol. The smallest absolute Gasteiger partial charge is 0.237 e. The Bertz CT molecular complexity index is 1330. The topological polar surface area (TPSA) is 78.3 Å². The molecule has 2 heterocycles. The summed E-state index contributed by atoms with van der Waals surface area (Å²) in [5.74, 6) is 1.07. The number of anilines is 1. The van der Waals surface area contributed by atoms with E-state index >= 15 is 0 Å². The second-order valence-corrected chi connectivity index (χ2v) is 8.98. The van der Waals surface area contributed by atoms with Crippen molar-refractivity contribution in [1.29, 1.82) is 0 Å². The van der Waals surface area contributed by atoms with Crippen LogP contribution in [0.15, 0.2) is 78.0 Å². The Hall–Kier alpha value is -3.85. The third-order valence-electron chi connectivity index (χ3n) is 5.31. The molecule has 1 aromatic heterocycles. The Kier molecular flexibility index (Phi) is 6.18. The number of fused-ring (bicyclic) bond motifs is 1. The van der Waals surface area contributed by atoms with Gasteiger partial charge in [0.1, 0.15) is 5.82 Å². The van der Waals surface area contributed by atoms with Gasteiger partial charge in [-0.3, -0.25) is 9.36 Å². The minimum Gasteiger partial charge on any atom is -0.454 e. The van der Waals surface area contributed by atoms with Crippen LogP contribution in [-0.2, 0) is 11.3 Å². The highest BCUT2D eigenvalue weighted by Gasteiger charge is 2.23. The van der Waals surface area contributed by atoms with Gasteiger partial charge in [-0.05, 0) is 36.8 Å². The zero-order valence-corrected chi connectivity index (χ0v) is 19.1. The number of halogens is 1. The summed E-state index contributed by atoms with van der Waals surface area (Å²) in [6.07, 6.45) is 0. The molecular formula is C25H21FN4O3S. The van der Waals surface area contributed by atoms with Crippen molar-refractivity contribution in [2.45, 2.75) is 23.9 Å². The number of ether oxygens (including phenoxy) is 2. The number of nitrogens with zero attached hydrogens (tertiary/aromatic N) is 3. The first-order valence-corrected chi connectivity index (χ1v) is 11.6. The first-order chi connectivity index (χ1) is 16.6. The molecule has 5 rings (SSSR count). The lowest BCUT2D eigenvalue weighted by Crippen LogP contribution is -2.23. The van der Waals surface area contributed by atoms with Gasteiger partial charge < -0.3 is 14.8 Å². The van der Waals surface area contributed by atoms with E-state index in [-0.39, 0.29) is 18.5 Å². The van der Waals surface area contributed by atoms with E-state index in [9.17, 15) is 9.18 Å². The highest BCUT2D eigenvalue weighted by molar-refractivity contribution is 8.00. The largest absolute Gasteiger partial charge is 0.454 e. The van der Waals surface area contributed by atoms with E-state index in [1.165, 1.54) is 17.8 Å². The average Bonchev–Trinajstić information content (AvgIpc) is 3.47. The zero-order chi connectivity index (χ0) is 23.5. The van der Waals surface area contributed by atoms with Crippen molar-refractivity contribution >= 4 is 23.4 Å². The fraction of sp³-hybridized carbons (Fsp3) is 0.160. The van der Waals surface area contributed by atoms with Gasteiger partial charge in [-0.25, -0.2) is 4.39 Å². The maximum Gasteiger partial charge on any atom is 0.237 e. The molecule has 1 aliphatic rings. The van der Waals surface area contributed by atoms with Gasteiger partial charge >= 0.3 is 0 Å². The van der Waals surface area contributed by atoms with E-state index < -0.39 is 5.25 Å². The van der Waals surface area contributed by atoms with Gasteiger partial charge in [-0.2, -0.15) is 0 Å². The minimum absolute atomic E-state index is 0.167. The van der Waals surface area contributed by atoms with Crippen molar-refractivity contribution in [2.75, 3.05) is 12.1 Å². The van der Waals surface area contributed by atoms with Crippen molar-refractivity contribution in [3.8, 4) is 22.9 Å². The lowest BCUT2D eigenvalue weighted by Gasteiger charge is -2.14. The van der Waals surface area contributed by atoms with Gasteiger partial charge in [-0.1, -0.05) is 54.2 Å². The van der Waals surface area contributed by atoms with Gasteiger partial charge in [0, 0.05) is 11.8 Å². The molecule has 0 spiro atoms. The molecule has 1 N–H and O–H groups in total. The number of thioether (sulfide) groups is 1. The van der Waals surface area contributed by atoms with E-state index in [0.717, 1.165) is 5.56 Å². The second kappa shape index (κ2) is 9.56. The number of hydrogen-bond acceptors (Lipinski definition) is 6.